The third-order valence-corrected chi connectivity index (χ3v) is 6.44. The van der Waals surface area contributed by atoms with Gasteiger partial charge in [0.2, 0.25) is 0 Å². The Morgan fingerprint density at radius 3 is 2.97 bits per heavy atom. The van der Waals surface area contributed by atoms with E-state index in [-0.39, 0.29) is 17.5 Å². The number of nitrogens with one attached hydrogen (secondary N) is 2. The summed E-state index contributed by atoms with van der Waals surface area (Å²) >= 11 is 0. The highest BCUT2D eigenvalue weighted by Gasteiger charge is 2.41. The van der Waals surface area contributed by atoms with Crippen LogP contribution in [0.15, 0.2) is 45.7 Å². The molecule has 3 aromatic rings. The van der Waals surface area contributed by atoms with Crippen LogP contribution in [-0.4, -0.2) is 41.5 Å². The first-order valence-electron chi connectivity index (χ1n) is 10.3. The monoisotopic (exact) mass is 391 g/mol. The molecule has 0 saturated carbocycles. The molecular formula is C23H25N3O3. The van der Waals surface area contributed by atoms with Crippen LogP contribution in [-0.2, 0) is 12.8 Å². The average molecular weight is 391 g/mol. The molecule has 2 saturated heterocycles. The summed E-state index contributed by atoms with van der Waals surface area (Å²) in [6, 6.07) is 10.2. The number of amides is 1. The van der Waals surface area contributed by atoms with Gasteiger partial charge in [-0.25, -0.2) is 4.79 Å². The molecule has 0 unspecified atom stereocenters. The molecule has 2 atom stereocenters. The fourth-order valence-electron chi connectivity index (χ4n) is 4.89. The molecule has 6 heteroatoms. The van der Waals surface area contributed by atoms with Crippen molar-refractivity contribution in [2.45, 2.75) is 32.2 Å². The molecule has 2 N–H and O–H groups in total. The zero-order valence-corrected chi connectivity index (χ0v) is 16.5. The number of para-hydroxylation sites is 1. The molecule has 2 fully saturated rings. The lowest BCUT2D eigenvalue weighted by molar-refractivity contribution is 0.0731. The molecule has 0 radical (unpaired) electrons. The molecule has 0 aliphatic carbocycles. The first-order valence-corrected chi connectivity index (χ1v) is 10.3. The van der Waals surface area contributed by atoms with Crippen molar-refractivity contribution in [3.8, 4) is 0 Å². The van der Waals surface area contributed by atoms with E-state index >= 15 is 0 Å². The van der Waals surface area contributed by atoms with Crippen LogP contribution >= 0.6 is 0 Å². The molecule has 1 aromatic carbocycles. The van der Waals surface area contributed by atoms with Gasteiger partial charge in [-0.05, 0) is 48.9 Å². The molecule has 6 nitrogen and oxygen atoms in total. The van der Waals surface area contributed by atoms with Crippen molar-refractivity contribution in [1.82, 2.24) is 15.2 Å². The quantitative estimate of drug-likeness (QED) is 0.717. The summed E-state index contributed by atoms with van der Waals surface area (Å²) in [7, 11) is 0. The Kier molecular flexibility index (Phi) is 4.51. The molecule has 150 valence electrons. The van der Waals surface area contributed by atoms with Gasteiger partial charge in [-0.1, -0.05) is 18.2 Å². The first kappa shape index (κ1) is 18.2. The van der Waals surface area contributed by atoms with Gasteiger partial charge in [-0.15, -0.1) is 0 Å². The van der Waals surface area contributed by atoms with Crippen molar-refractivity contribution >= 4 is 16.8 Å². The SMILES string of the molecule is Cc1cc(CCc2c[nH]c3ccccc23)oc(=O)c1C(=O)N1CC[C@H]2CNC[C@H]21. The van der Waals surface area contributed by atoms with Crippen LogP contribution in [0.4, 0.5) is 0 Å². The Labute approximate surface area is 168 Å². The third-order valence-electron chi connectivity index (χ3n) is 6.44. The molecule has 1 amide bonds. The van der Waals surface area contributed by atoms with Crippen molar-refractivity contribution < 1.29 is 9.21 Å². The number of aryl methyl sites for hydroxylation is 3. The summed E-state index contributed by atoms with van der Waals surface area (Å²) in [6.07, 6.45) is 4.38. The number of rotatable bonds is 4. The maximum absolute atomic E-state index is 13.1. The van der Waals surface area contributed by atoms with Gasteiger partial charge in [-0.3, -0.25) is 4.79 Å². The topological polar surface area (TPSA) is 78.3 Å². The summed E-state index contributed by atoms with van der Waals surface area (Å²) in [4.78, 5) is 30.9. The molecule has 4 heterocycles. The van der Waals surface area contributed by atoms with E-state index in [0.717, 1.165) is 38.0 Å². The fraction of sp³-hybridized carbons (Fsp3) is 0.391. The van der Waals surface area contributed by atoms with Gasteiger partial charge in [-0.2, -0.15) is 0 Å². The summed E-state index contributed by atoms with van der Waals surface area (Å²) in [5.74, 6) is 0.938. The normalized spacial score (nSPS) is 21.1. The molecule has 0 spiro atoms. The van der Waals surface area contributed by atoms with E-state index in [1.54, 1.807) is 0 Å². The minimum atomic E-state index is -0.515. The second-order valence-electron chi connectivity index (χ2n) is 8.19. The van der Waals surface area contributed by atoms with Crippen LogP contribution in [0.25, 0.3) is 10.9 Å². The highest BCUT2D eigenvalue weighted by atomic mass is 16.4. The zero-order chi connectivity index (χ0) is 20.0. The van der Waals surface area contributed by atoms with Gasteiger partial charge in [0.1, 0.15) is 11.3 Å². The van der Waals surface area contributed by atoms with Crippen molar-refractivity contribution in [1.29, 1.82) is 0 Å². The lowest BCUT2D eigenvalue weighted by Crippen LogP contribution is -2.41. The van der Waals surface area contributed by atoms with Gasteiger partial charge < -0.3 is 19.6 Å². The van der Waals surface area contributed by atoms with Crippen LogP contribution in [0.5, 0.6) is 0 Å². The maximum atomic E-state index is 13.1. The minimum absolute atomic E-state index is 0.185. The van der Waals surface area contributed by atoms with Crippen LogP contribution in [0.1, 0.15) is 33.7 Å². The van der Waals surface area contributed by atoms with Crippen molar-refractivity contribution in [3.63, 3.8) is 0 Å². The van der Waals surface area contributed by atoms with E-state index in [4.69, 9.17) is 4.42 Å². The van der Waals surface area contributed by atoms with E-state index in [2.05, 4.69) is 16.4 Å². The highest BCUT2D eigenvalue weighted by molar-refractivity contribution is 5.95. The number of hydrogen-bond acceptors (Lipinski definition) is 4. The summed E-state index contributed by atoms with van der Waals surface area (Å²) in [6.45, 7) is 4.31. The number of H-pyrrole nitrogens is 1. The number of benzene rings is 1. The number of carbonyl (C=O) groups excluding carboxylic acids is 1. The average Bonchev–Trinajstić information content (AvgIpc) is 3.41. The highest BCUT2D eigenvalue weighted by Crippen LogP contribution is 2.28. The Hall–Kier alpha value is -2.86. The first-order chi connectivity index (χ1) is 14.1. The molecular weight excluding hydrogens is 366 g/mol. The third kappa shape index (κ3) is 3.17. The van der Waals surface area contributed by atoms with Crippen molar-refractivity contribution in [3.05, 3.63) is 69.4 Å². The van der Waals surface area contributed by atoms with Crippen LogP contribution in [0.2, 0.25) is 0 Å². The van der Waals surface area contributed by atoms with Crippen LogP contribution < -0.4 is 10.9 Å². The number of hydrogen-bond donors (Lipinski definition) is 2. The summed E-state index contributed by atoms with van der Waals surface area (Å²) in [5.41, 5.74) is 2.67. The van der Waals surface area contributed by atoms with Crippen LogP contribution in [0.3, 0.4) is 0 Å². The van der Waals surface area contributed by atoms with Crippen LogP contribution in [0, 0.1) is 12.8 Å². The molecule has 2 aliphatic rings. The lowest BCUT2D eigenvalue weighted by atomic mass is 10.0. The number of aromatic amines is 1. The second kappa shape index (κ2) is 7.19. The van der Waals surface area contributed by atoms with E-state index in [1.165, 1.54) is 10.9 Å². The van der Waals surface area contributed by atoms with Gasteiger partial charge in [0.15, 0.2) is 0 Å². The van der Waals surface area contributed by atoms with Gasteiger partial charge in [0, 0.05) is 49.2 Å². The number of aromatic nitrogens is 1. The van der Waals surface area contributed by atoms with Gasteiger partial charge >= 0.3 is 5.63 Å². The number of fused-ring (bicyclic) bond motifs is 2. The Balaban J connectivity index is 1.35. The number of likely N-dealkylation sites (tertiary alicyclic amines) is 1. The molecule has 2 aromatic heterocycles. The molecule has 5 rings (SSSR count). The predicted octanol–water partition coefficient (Wildman–Crippen LogP) is 2.65. The second-order valence-corrected chi connectivity index (χ2v) is 8.19. The minimum Gasteiger partial charge on any atom is -0.427 e. The molecule has 0 bridgehead atoms. The summed E-state index contributed by atoms with van der Waals surface area (Å²) < 4.78 is 5.56. The van der Waals surface area contributed by atoms with E-state index in [1.807, 2.05) is 42.3 Å². The van der Waals surface area contributed by atoms with Crippen molar-refractivity contribution in [2.24, 2.45) is 5.92 Å². The molecule has 2 aliphatic heterocycles. The standard InChI is InChI=1S/C23H25N3O3/c1-14-10-17(7-6-15-12-25-19-5-3-2-4-18(15)19)29-23(28)21(14)22(27)26-9-8-16-11-24-13-20(16)26/h2-5,10,12,16,20,24-25H,6-9,11,13H2,1H3/t16-,20+/m0/s1. The molecule has 29 heavy (non-hydrogen) atoms. The lowest BCUT2D eigenvalue weighted by Gasteiger charge is -2.23. The number of carbonyl (C=O) groups is 1. The Bertz CT molecular complexity index is 1130. The Morgan fingerprint density at radius 1 is 1.24 bits per heavy atom. The summed E-state index contributed by atoms with van der Waals surface area (Å²) in [5, 5.41) is 4.53. The van der Waals surface area contributed by atoms with E-state index in [0.29, 0.717) is 23.7 Å². The number of nitrogens with zero attached hydrogens (tertiary/aromatic N) is 1. The maximum Gasteiger partial charge on any atom is 0.349 e. The van der Waals surface area contributed by atoms with Gasteiger partial charge in [0.05, 0.1) is 0 Å². The fourth-order valence-corrected chi connectivity index (χ4v) is 4.89. The van der Waals surface area contributed by atoms with Gasteiger partial charge in [0.25, 0.3) is 5.91 Å². The van der Waals surface area contributed by atoms with Crippen molar-refractivity contribution in [2.75, 3.05) is 19.6 Å². The Morgan fingerprint density at radius 2 is 2.10 bits per heavy atom. The smallest absolute Gasteiger partial charge is 0.349 e. The predicted molar refractivity (Wildman–Crippen MR) is 111 cm³/mol. The zero-order valence-electron chi connectivity index (χ0n) is 16.5. The largest absolute Gasteiger partial charge is 0.427 e. The van der Waals surface area contributed by atoms with E-state index in [9.17, 15) is 9.59 Å². The van der Waals surface area contributed by atoms with E-state index < -0.39 is 5.63 Å².